The number of rotatable bonds is 80. The van der Waals surface area contributed by atoms with Crippen LogP contribution in [0.1, 0.15) is 395 Å². The van der Waals surface area contributed by atoms with E-state index in [1.54, 1.807) is 0 Å². The predicted molar refractivity (Wildman–Crippen MR) is 492 cm³/mol. The lowest BCUT2D eigenvalue weighted by atomic mass is 9.91. The lowest BCUT2D eigenvalue weighted by molar-refractivity contribution is -0.368. The van der Waals surface area contributed by atoms with Crippen molar-refractivity contribution in [2.45, 2.75) is 469 Å². The van der Waals surface area contributed by atoms with Crippen LogP contribution in [0.2, 0.25) is 0 Å². The van der Waals surface area contributed by atoms with Crippen molar-refractivity contribution >= 4 is 19.2 Å². The van der Waals surface area contributed by atoms with Crippen molar-refractivity contribution in [1.82, 2.24) is 0 Å². The van der Waals surface area contributed by atoms with Gasteiger partial charge < -0.3 is 68.3 Å². The zero-order valence-corrected chi connectivity index (χ0v) is 82.5. The Kier molecular flexibility index (Phi) is 67.1. The summed E-state index contributed by atoms with van der Waals surface area (Å²) in [4.78, 5) is 11.5. The molecule has 0 spiro atoms. The molecule has 0 aromatic heterocycles. The van der Waals surface area contributed by atoms with Crippen LogP contribution in [-0.4, -0.2) is 179 Å². The molecule has 2 rings (SSSR count). The van der Waals surface area contributed by atoms with E-state index in [1.807, 2.05) is 0 Å². The molecule has 718 valence electrons. The summed E-state index contributed by atoms with van der Waals surface area (Å²) < 4.78 is 102. The van der Waals surface area contributed by atoms with Crippen molar-refractivity contribution in [3.63, 3.8) is 0 Å². The van der Waals surface area contributed by atoms with E-state index in [2.05, 4.69) is 138 Å². The van der Waals surface area contributed by atoms with Gasteiger partial charge in [-0.3, -0.25) is 17.8 Å². The van der Waals surface area contributed by atoms with Gasteiger partial charge in [-0.05, 0) is 120 Å². The first-order valence-corrected chi connectivity index (χ1v) is 52.2. The van der Waals surface area contributed by atoms with Crippen molar-refractivity contribution in [3.05, 3.63) is 0 Å². The van der Waals surface area contributed by atoms with Crippen LogP contribution in [0, 0.1) is 94.7 Å². The SMILES string of the molecule is CC(C)CCCC(C)CCCC(C)CCCC(C)CCOCC(CO[C@H]1O[C@H](COP(=O)(O)OCC(COCCC(C)CCCC(C)CCCC(C)CCCC(C)C)OCCC(C)CCCC(C)CCCC(C)CCCC(C)C)[C@@H](O)[C@H](O)[C@H]1OC1O[C@H](COS(=O)O)[C@@H](O)[C@H](O)[C@@H]1O)OCCC(C)CCCC(C)CCCC(C)CCCC(C)C. The van der Waals surface area contributed by atoms with Crippen molar-refractivity contribution in [1.29, 1.82) is 0 Å². The van der Waals surface area contributed by atoms with E-state index < -0.39 is 106 Å². The number of hydrogen-bond donors (Lipinski definition) is 7. The summed E-state index contributed by atoms with van der Waals surface area (Å²) in [6.45, 7) is 46.6. The molecule has 2 fully saturated rings. The summed E-state index contributed by atoms with van der Waals surface area (Å²) in [7, 11) is -4.96. The molecule has 17 unspecified atom stereocenters. The van der Waals surface area contributed by atoms with Gasteiger partial charge in [-0.25, -0.2) is 4.57 Å². The van der Waals surface area contributed by atoms with Crippen LogP contribution in [0.3, 0.4) is 0 Å². The molecule has 0 aliphatic carbocycles. The monoisotopic (exact) mass is 1760 g/mol. The van der Waals surface area contributed by atoms with Gasteiger partial charge in [-0.2, -0.15) is 4.21 Å². The van der Waals surface area contributed by atoms with Gasteiger partial charge in [0, 0.05) is 26.4 Å². The van der Waals surface area contributed by atoms with Gasteiger partial charge in [0.05, 0.1) is 39.6 Å². The summed E-state index contributed by atoms with van der Waals surface area (Å²) in [6.07, 6.45) is 28.9. The van der Waals surface area contributed by atoms with Crippen LogP contribution in [-0.2, 0) is 67.1 Å². The first-order chi connectivity index (χ1) is 56.9. The average molecular weight is 1760 g/mol. The Bertz CT molecular complexity index is 2440. The second kappa shape index (κ2) is 69.6. The largest absolute Gasteiger partial charge is 0.472 e. The van der Waals surface area contributed by atoms with Crippen LogP contribution in [0.5, 0.6) is 0 Å². The fourth-order valence-electron chi connectivity index (χ4n) is 17.3. The Balaban J connectivity index is 2.34. The Morgan fingerprint density at radius 1 is 0.308 bits per heavy atom. The number of phosphoric ester groups is 1. The van der Waals surface area contributed by atoms with Crippen molar-refractivity contribution in [2.24, 2.45) is 94.7 Å². The number of ether oxygens (including phenoxy) is 8. The molecule has 0 aromatic carbocycles. The van der Waals surface area contributed by atoms with Crippen LogP contribution in [0.4, 0.5) is 0 Å². The van der Waals surface area contributed by atoms with Crippen molar-refractivity contribution < 1.29 is 94.9 Å². The van der Waals surface area contributed by atoms with E-state index in [4.69, 9.17) is 51.1 Å². The molecule has 22 heteroatoms. The van der Waals surface area contributed by atoms with E-state index in [1.165, 1.54) is 186 Å². The first-order valence-electron chi connectivity index (χ1n) is 49.7. The molecule has 0 radical (unpaired) electrons. The molecule has 0 saturated carbocycles. The predicted octanol–water partition coefficient (Wildman–Crippen LogP) is 23.6. The molecule has 0 aromatic rings. The summed E-state index contributed by atoms with van der Waals surface area (Å²) >= 11 is -2.79. The zero-order chi connectivity index (χ0) is 89.4. The molecule has 2 saturated heterocycles. The van der Waals surface area contributed by atoms with E-state index in [-0.39, 0.29) is 26.4 Å². The zero-order valence-electron chi connectivity index (χ0n) is 80.8. The third kappa shape index (κ3) is 59.8. The minimum absolute atomic E-state index is 0.118. The van der Waals surface area contributed by atoms with Crippen LogP contribution in [0.25, 0.3) is 0 Å². The highest BCUT2D eigenvalue weighted by Crippen LogP contribution is 2.45. The van der Waals surface area contributed by atoms with E-state index in [0.717, 1.165) is 118 Å². The van der Waals surface area contributed by atoms with Gasteiger partial charge in [0.1, 0.15) is 61.0 Å². The molecule has 7 N–H and O–H groups in total. The van der Waals surface area contributed by atoms with Gasteiger partial charge in [0.2, 0.25) is 0 Å². The molecular formula is C98H195O20PS. The molecule has 26 atom stereocenters. The lowest BCUT2D eigenvalue weighted by Gasteiger charge is -2.46. The molecule has 2 heterocycles. The molecule has 120 heavy (non-hydrogen) atoms. The summed E-state index contributed by atoms with van der Waals surface area (Å²) in [5, 5.41) is 57.2. The van der Waals surface area contributed by atoms with Gasteiger partial charge in [-0.1, -0.05) is 370 Å². The minimum Gasteiger partial charge on any atom is -0.387 e. The standard InChI is InChI=1S/C98H195O20PS/c1-71(2)33-21-37-75(9)41-25-45-79(13)49-29-53-83(17)57-61-108-65-87(110-63-59-85(19)55-31-51-81(15)47-27-43-77(11)39-23-35-73(5)6)67-112-98-96(118-97-95(103)93(101)91(99)90(116-97)70-115-120(106)107)94(102)92(100)89(117-98)69-114-119(104,105)113-68-88(111-64-60-86(20)56-32-52-82(16)48-28-44-78(12)40-24-36-74(7)8)66-109-62-58-84(18)54-30-50-80(14)46-26-42-76(10)38-22-34-72(3)4/h71-103H,21-70H2,1-20H3,(H,104,105)(H,106,107)/t75?,76?,77?,78?,79?,80?,81?,82?,83?,84?,85?,86?,87?,88?,89-,90-,91-,92-,93+,94+,95+,96-,97?,98+/m1/s1. The maximum atomic E-state index is 14.1. The maximum absolute atomic E-state index is 14.1. The molecule has 2 aliphatic rings. The highest BCUT2D eigenvalue weighted by molar-refractivity contribution is 7.74. The Labute approximate surface area is 739 Å². The molecular weight excluding hydrogens is 1560 g/mol. The smallest absolute Gasteiger partial charge is 0.387 e. The van der Waals surface area contributed by atoms with E-state index >= 15 is 0 Å². The minimum atomic E-state index is -4.96. The number of aliphatic hydroxyl groups excluding tert-OH is 5. The highest BCUT2D eigenvalue weighted by atomic mass is 32.2. The number of hydrogen-bond acceptors (Lipinski definition) is 18. The molecule has 0 amide bonds. The van der Waals surface area contributed by atoms with Crippen LogP contribution in [0.15, 0.2) is 0 Å². The second-order valence-corrected chi connectivity index (χ2v) is 43.5. The summed E-state index contributed by atoms with van der Waals surface area (Å²) in [6, 6.07) is 0. The quantitative estimate of drug-likeness (QED) is 0.0169. The van der Waals surface area contributed by atoms with E-state index in [9.17, 15) is 43.8 Å². The van der Waals surface area contributed by atoms with Gasteiger partial charge in [0.25, 0.3) is 0 Å². The number of aliphatic hydroxyl groups is 5. The topological polar surface area (TPSA) is 277 Å². The normalized spacial score (nSPS) is 24.5. The molecule has 0 bridgehead atoms. The third-order valence-corrected chi connectivity index (χ3v) is 27.6. The first kappa shape index (κ1) is 116. The van der Waals surface area contributed by atoms with Gasteiger partial charge in [-0.15, -0.1) is 0 Å². The Hall–Kier alpha value is -0.340. The average Bonchev–Trinajstić information content (AvgIpc) is 0.783. The summed E-state index contributed by atoms with van der Waals surface area (Å²) in [5.41, 5.74) is 0. The lowest BCUT2D eigenvalue weighted by Crippen LogP contribution is -2.65. The third-order valence-electron chi connectivity index (χ3n) is 26.3. The molecule has 2 aliphatic heterocycles. The van der Waals surface area contributed by atoms with E-state index in [0.29, 0.717) is 73.8 Å². The summed E-state index contributed by atoms with van der Waals surface area (Å²) in [5.74, 6) is 10.5. The fourth-order valence-corrected chi connectivity index (χ4v) is 18.3. The van der Waals surface area contributed by atoms with Crippen molar-refractivity contribution in [2.75, 3.05) is 66.1 Å². The van der Waals surface area contributed by atoms with Gasteiger partial charge in [0.15, 0.2) is 12.6 Å². The highest BCUT2D eigenvalue weighted by Gasteiger charge is 2.52. The van der Waals surface area contributed by atoms with Crippen LogP contribution >= 0.6 is 7.82 Å². The Morgan fingerprint density at radius 2 is 0.575 bits per heavy atom. The van der Waals surface area contributed by atoms with Crippen molar-refractivity contribution in [3.8, 4) is 0 Å². The van der Waals surface area contributed by atoms with Gasteiger partial charge >= 0.3 is 19.2 Å². The Morgan fingerprint density at radius 3 is 0.883 bits per heavy atom. The maximum Gasteiger partial charge on any atom is 0.472 e. The number of phosphoric acid groups is 1. The fraction of sp³-hybridized carbons (Fsp3) is 1.00. The molecule has 20 nitrogen and oxygen atoms in total. The van der Waals surface area contributed by atoms with Crippen LogP contribution < -0.4 is 0 Å². The second-order valence-electron chi connectivity index (χ2n) is 41.3.